The van der Waals surface area contributed by atoms with Gasteiger partial charge < -0.3 is 14.5 Å². The van der Waals surface area contributed by atoms with E-state index in [0.717, 1.165) is 5.39 Å². The van der Waals surface area contributed by atoms with Crippen LogP contribution in [0.15, 0.2) is 36.4 Å². The van der Waals surface area contributed by atoms with Gasteiger partial charge in [-0.05, 0) is 38.3 Å². The number of piperazine rings is 1. The molecule has 2 aromatic carbocycles. The van der Waals surface area contributed by atoms with Crippen LogP contribution in [-0.2, 0) is 10.9 Å². The van der Waals surface area contributed by atoms with E-state index in [9.17, 15) is 18.0 Å². The first-order valence-corrected chi connectivity index (χ1v) is 8.87. The average molecular weight is 380 g/mol. The number of carbonyl (C=O) groups excluding carboxylic acids is 1. The summed E-state index contributed by atoms with van der Waals surface area (Å²) in [5.74, 6) is 0. The minimum Gasteiger partial charge on any atom is -0.444 e. The van der Waals surface area contributed by atoms with Crippen molar-refractivity contribution in [2.24, 2.45) is 0 Å². The summed E-state index contributed by atoms with van der Waals surface area (Å²) < 4.78 is 45.3. The average Bonchev–Trinajstić information content (AvgIpc) is 2.58. The number of nitrogens with zero attached hydrogens (tertiary/aromatic N) is 2. The van der Waals surface area contributed by atoms with Crippen molar-refractivity contribution in [3.63, 3.8) is 0 Å². The number of amides is 1. The molecule has 0 radical (unpaired) electrons. The lowest BCUT2D eigenvalue weighted by Gasteiger charge is -2.37. The Hall–Kier alpha value is -2.44. The molecule has 0 N–H and O–H groups in total. The Morgan fingerprint density at radius 3 is 2.22 bits per heavy atom. The maximum atomic E-state index is 13.3. The molecular weight excluding hydrogens is 357 g/mol. The number of ether oxygens (including phenoxy) is 1. The summed E-state index contributed by atoms with van der Waals surface area (Å²) in [6, 6.07) is 9.43. The zero-order valence-corrected chi connectivity index (χ0v) is 15.6. The largest absolute Gasteiger partial charge is 0.444 e. The third-order valence-electron chi connectivity index (χ3n) is 4.44. The zero-order chi connectivity index (χ0) is 19.8. The van der Waals surface area contributed by atoms with E-state index in [-0.39, 0.29) is 0 Å². The van der Waals surface area contributed by atoms with Crippen LogP contribution in [0.4, 0.5) is 23.7 Å². The number of rotatable bonds is 1. The molecule has 0 unspecified atom stereocenters. The second kappa shape index (κ2) is 6.94. The molecule has 3 rings (SSSR count). The van der Waals surface area contributed by atoms with E-state index < -0.39 is 23.4 Å². The summed E-state index contributed by atoms with van der Waals surface area (Å²) in [5, 5.41) is 1.33. The molecule has 1 fully saturated rings. The zero-order valence-electron chi connectivity index (χ0n) is 15.6. The highest BCUT2D eigenvalue weighted by atomic mass is 19.4. The highest BCUT2D eigenvalue weighted by molar-refractivity contribution is 5.95. The number of alkyl halides is 3. The molecule has 7 heteroatoms. The van der Waals surface area contributed by atoms with Gasteiger partial charge >= 0.3 is 12.3 Å². The Labute approximate surface area is 156 Å². The molecule has 1 aliphatic rings. The molecule has 2 aromatic rings. The third kappa shape index (κ3) is 4.46. The fourth-order valence-electron chi connectivity index (χ4n) is 3.17. The molecule has 0 spiro atoms. The lowest BCUT2D eigenvalue weighted by atomic mass is 10.0. The van der Waals surface area contributed by atoms with E-state index in [4.69, 9.17) is 4.74 Å². The van der Waals surface area contributed by atoms with Crippen LogP contribution >= 0.6 is 0 Å². The van der Waals surface area contributed by atoms with Crippen molar-refractivity contribution in [1.82, 2.24) is 4.90 Å². The Kier molecular flexibility index (Phi) is 4.97. The Morgan fingerprint density at radius 2 is 1.63 bits per heavy atom. The highest BCUT2D eigenvalue weighted by Crippen LogP contribution is 2.37. The fraction of sp³-hybridized carbons (Fsp3) is 0.450. The summed E-state index contributed by atoms with van der Waals surface area (Å²) in [7, 11) is 0. The first-order chi connectivity index (χ1) is 12.5. The van der Waals surface area contributed by atoms with E-state index in [1.165, 1.54) is 12.1 Å². The van der Waals surface area contributed by atoms with Gasteiger partial charge in [0.1, 0.15) is 5.60 Å². The summed E-state index contributed by atoms with van der Waals surface area (Å²) in [5.41, 5.74) is -0.694. The SMILES string of the molecule is CC(C)(C)OC(=O)N1CCN(c2cc(C(F)(F)F)cc3ccccc23)CC1. The number of anilines is 1. The van der Waals surface area contributed by atoms with E-state index in [1.54, 1.807) is 37.8 Å². The van der Waals surface area contributed by atoms with Crippen LogP contribution in [0, 0.1) is 0 Å². The number of fused-ring (bicyclic) bond motifs is 1. The maximum absolute atomic E-state index is 13.3. The molecule has 0 saturated carbocycles. The van der Waals surface area contributed by atoms with Gasteiger partial charge in [0, 0.05) is 37.3 Å². The van der Waals surface area contributed by atoms with E-state index in [2.05, 4.69) is 0 Å². The molecule has 0 aliphatic carbocycles. The van der Waals surface area contributed by atoms with Gasteiger partial charge in [-0.1, -0.05) is 24.3 Å². The van der Waals surface area contributed by atoms with Crippen molar-refractivity contribution in [2.75, 3.05) is 31.1 Å². The van der Waals surface area contributed by atoms with Gasteiger partial charge in [-0.15, -0.1) is 0 Å². The predicted octanol–water partition coefficient (Wildman–Crippen LogP) is 4.92. The second-order valence-electron chi connectivity index (χ2n) is 7.67. The standard InChI is InChI=1S/C20H23F3N2O2/c1-19(2,3)27-18(26)25-10-8-24(9-11-25)17-13-15(20(21,22)23)12-14-6-4-5-7-16(14)17/h4-7,12-13H,8-11H2,1-3H3. The van der Waals surface area contributed by atoms with Gasteiger partial charge in [-0.2, -0.15) is 13.2 Å². The van der Waals surface area contributed by atoms with Crippen molar-refractivity contribution < 1.29 is 22.7 Å². The van der Waals surface area contributed by atoms with Crippen molar-refractivity contribution in [1.29, 1.82) is 0 Å². The van der Waals surface area contributed by atoms with E-state index in [1.807, 2.05) is 17.0 Å². The highest BCUT2D eigenvalue weighted by Gasteiger charge is 2.33. The van der Waals surface area contributed by atoms with Crippen molar-refractivity contribution >= 4 is 22.6 Å². The van der Waals surface area contributed by atoms with Gasteiger partial charge in [-0.25, -0.2) is 4.79 Å². The third-order valence-corrected chi connectivity index (χ3v) is 4.44. The quantitative estimate of drug-likeness (QED) is 0.704. The number of halogens is 3. The molecule has 1 aliphatic heterocycles. The number of hydrogen-bond donors (Lipinski definition) is 0. The summed E-state index contributed by atoms with van der Waals surface area (Å²) in [6.45, 7) is 7.11. The maximum Gasteiger partial charge on any atom is 0.416 e. The van der Waals surface area contributed by atoms with Crippen molar-refractivity contribution in [2.45, 2.75) is 32.5 Å². The molecule has 1 saturated heterocycles. The first kappa shape index (κ1) is 19.3. The van der Waals surface area contributed by atoms with E-state index >= 15 is 0 Å². The molecular formula is C20H23F3N2O2. The minimum absolute atomic E-state index is 0.393. The van der Waals surface area contributed by atoms with Crippen LogP contribution in [0.1, 0.15) is 26.3 Å². The molecule has 0 atom stereocenters. The fourth-order valence-corrected chi connectivity index (χ4v) is 3.17. The lowest BCUT2D eigenvalue weighted by Crippen LogP contribution is -2.50. The van der Waals surface area contributed by atoms with Crippen LogP contribution < -0.4 is 4.90 Å². The summed E-state index contributed by atoms with van der Waals surface area (Å²) in [4.78, 5) is 15.7. The molecule has 4 nitrogen and oxygen atoms in total. The monoisotopic (exact) mass is 380 g/mol. The molecule has 0 aromatic heterocycles. The van der Waals surface area contributed by atoms with Crippen LogP contribution in [-0.4, -0.2) is 42.8 Å². The summed E-state index contributed by atoms with van der Waals surface area (Å²) >= 11 is 0. The van der Waals surface area contributed by atoms with Crippen molar-refractivity contribution in [3.8, 4) is 0 Å². The topological polar surface area (TPSA) is 32.8 Å². The van der Waals surface area contributed by atoms with E-state index in [0.29, 0.717) is 37.3 Å². The predicted molar refractivity (Wildman–Crippen MR) is 99.0 cm³/mol. The van der Waals surface area contributed by atoms with Crippen LogP contribution in [0.25, 0.3) is 10.8 Å². The Bertz CT molecular complexity index is 835. The van der Waals surface area contributed by atoms with Gasteiger partial charge in [0.15, 0.2) is 0 Å². The van der Waals surface area contributed by atoms with Crippen LogP contribution in [0.3, 0.4) is 0 Å². The van der Waals surface area contributed by atoms with Gasteiger partial charge in [-0.3, -0.25) is 0 Å². The smallest absolute Gasteiger partial charge is 0.416 e. The number of hydrogen-bond acceptors (Lipinski definition) is 3. The molecule has 1 heterocycles. The second-order valence-corrected chi connectivity index (χ2v) is 7.67. The molecule has 27 heavy (non-hydrogen) atoms. The lowest BCUT2D eigenvalue weighted by molar-refractivity contribution is -0.137. The minimum atomic E-state index is -4.41. The summed E-state index contributed by atoms with van der Waals surface area (Å²) in [6.07, 6.45) is -4.80. The Balaban J connectivity index is 1.84. The number of carbonyl (C=O) groups is 1. The van der Waals surface area contributed by atoms with Gasteiger partial charge in [0.25, 0.3) is 0 Å². The normalized spacial score (nSPS) is 15.9. The van der Waals surface area contributed by atoms with Crippen molar-refractivity contribution in [3.05, 3.63) is 42.0 Å². The first-order valence-electron chi connectivity index (χ1n) is 8.87. The molecule has 1 amide bonds. The molecule has 146 valence electrons. The van der Waals surface area contributed by atoms with Crippen LogP contribution in [0.5, 0.6) is 0 Å². The number of benzene rings is 2. The Morgan fingerprint density at radius 1 is 1.00 bits per heavy atom. The van der Waals surface area contributed by atoms with Crippen LogP contribution in [0.2, 0.25) is 0 Å². The van der Waals surface area contributed by atoms with Gasteiger partial charge in [0.2, 0.25) is 0 Å². The molecule has 0 bridgehead atoms. The van der Waals surface area contributed by atoms with Gasteiger partial charge in [0.05, 0.1) is 5.56 Å².